The zero-order valence-electron chi connectivity index (χ0n) is 7.21. The van der Waals surface area contributed by atoms with E-state index in [1.165, 1.54) is 6.42 Å². The first kappa shape index (κ1) is 7.56. The van der Waals surface area contributed by atoms with Crippen molar-refractivity contribution in [3.63, 3.8) is 0 Å². The van der Waals surface area contributed by atoms with Crippen LogP contribution in [0.1, 0.15) is 33.1 Å². The van der Waals surface area contributed by atoms with Gasteiger partial charge in [-0.2, -0.15) is 0 Å². The Morgan fingerprint density at radius 3 is 2.36 bits per heavy atom. The minimum absolute atomic E-state index is 0.0160. The maximum Gasteiger partial charge on any atom is 0.0841 e. The third-order valence-corrected chi connectivity index (χ3v) is 3.19. The normalized spacial score (nSPS) is 47.7. The molecule has 3 fully saturated rings. The Balaban J connectivity index is 2.16. The van der Waals surface area contributed by atoms with Crippen LogP contribution < -0.4 is 0 Å². The van der Waals surface area contributed by atoms with Gasteiger partial charge < -0.3 is 9.84 Å². The molecule has 0 amide bonds. The van der Waals surface area contributed by atoms with E-state index in [1.807, 2.05) is 0 Å². The van der Waals surface area contributed by atoms with Gasteiger partial charge in [-0.25, -0.2) is 0 Å². The summed E-state index contributed by atoms with van der Waals surface area (Å²) in [5, 5.41) is 9.51. The average molecular weight is 156 g/mol. The summed E-state index contributed by atoms with van der Waals surface area (Å²) in [6.45, 7) is 4.27. The number of hydrogen-bond acceptors (Lipinski definition) is 2. The Labute approximate surface area is 67.6 Å². The second-order valence-corrected chi connectivity index (χ2v) is 4.34. The van der Waals surface area contributed by atoms with E-state index in [4.69, 9.17) is 4.74 Å². The van der Waals surface area contributed by atoms with Gasteiger partial charge in [0.15, 0.2) is 0 Å². The molecule has 0 aromatic heterocycles. The zero-order chi connectivity index (χ0) is 8.06. The van der Waals surface area contributed by atoms with E-state index < -0.39 is 0 Å². The second-order valence-electron chi connectivity index (χ2n) is 4.34. The number of hydrogen-bond donors (Lipinski definition) is 1. The molecule has 64 valence electrons. The Kier molecular flexibility index (Phi) is 1.52. The molecule has 2 nitrogen and oxygen atoms in total. The lowest BCUT2D eigenvalue weighted by atomic mass is 9.73. The second kappa shape index (κ2) is 2.20. The van der Waals surface area contributed by atoms with Gasteiger partial charge in [0.1, 0.15) is 0 Å². The molecule has 0 spiro atoms. The van der Waals surface area contributed by atoms with Crippen LogP contribution in [0, 0.1) is 5.92 Å². The number of fused-ring (bicyclic) bond motifs is 3. The molecule has 1 saturated carbocycles. The van der Waals surface area contributed by atoms with Crippen molar-refractivity contribution in [2.45, 2.75) is 50.9 Å². The first-order chi connectivity index (χ1) is 5.09. The van der Waals surface area contributed by atoms with Crippen molar-refractivity contribution in [1.29, 1.82) is 0 Å². The fourth-order valence-corrected chi connectivity index (χ4v) is 2.37. The van der Waals surface area contributed by atoms with Crippen molar-refractivity contribution in [2.24, 2.45) is 5.92 Å². The van der Waals surface area contributed by atoms with E-state index >= 15 is 0 Å². The summed E-state index contributed by atoms with van der Waals surface area (Å²) in [5.41, 5.74) is 0.0160. The quantitative estimate of drug-likeness (QED) is 0.573. The summed E-state index contributed by atoms with van der Waals surface area (Å²) in [7, 11) is 0. The van der Waals surface area contributed by atoms with E-state index in [1.54, 1.807) is 0 Å². The van der Waals surface area contributed by atoms with Crippen molar-refractivity contribution in [2.75, 3.05) is 0 Å². The van der Waals surface area contributed by atoms with Crippen LogP contribution in [0.15, 0.2) is 0 Å². The number of ether oxygens (including phenoxy) is 1. The Morgan fingerprint density at radius 2 is 2.09 bits per heavy atom. The highest BCUT2D eigenvalue weighted by atomic mass is 16.5. The first-order valence-corrected chi connectivity index (χ1v) is 4.45. The molecule has 0 aromatic rings. The summed E-state index contributed by atoms with van der Waals surface area (Å²) >= 11 is 0. The van der Waals surface area contributed by atoms with Gasteiger partial charge in [0.05, 0.1) is 17.8 Å². The number of aliphatic hydroxyl groups excluding tert-OH is 1. The molecule has 0 aromatic carbocycles. The van der Waals surface area contributed by atoms with Crippen LogP contribution in [0.5, 0.6) is 0 Å². The summed E-state index contributed by atoms with van der Waals surface area (Å²) in [5.74, 6) is 0.572. The van der Waals surface area contributed by atoms with Gasteiger partial charge in [-0.1, -0.05) is 0 Å². The molecule has 2 saturated heterocycles. The van der Waals surface area contributed by atoms with Gasteiger partial charge in [-0.3, -0.25) is 0 Å². The van der Waals surface area contributed by atoms with Crippen LogP contribution in [-0.2, 0) is 4.74 Å². The molecular formula is C9H16O2. The van der Waals surface area contributed by atoms with Crippen molar-refractivity contribution in [3.8, 4) is 0 Å². The van der Waals surface area contributed by atoms with Crippen LogP contribution in [-0.4, -0.2) is 22.9 Å². The SMILES string of the molecule is CC1(C)O[C@H]2CC[C@H]1C[C@H]2O. The Morgan fingerprint density at radius 1 is 1.36 bits per heavy atom. The maximum absolute atomic E-state index is 9.51. The maximum atomic E-state index is 9.51. The van der Waals surface area contributed by atoms with E-state index in [9.17, 15) is 5.11 Å². The van der Waals surface area contributed by atoms with Gasteiger partial charge in [0.25, 0.3) is 0 Å². The fraction of sp³-hybridized carbons (Fsp3) is 1.00. The van der Waals surface area contributed by atoms with Crippen molar-refractivity contribution in [3.05, 3.63) is 0 Å². The lowest BCUT2D eigenvalue weighted by Crippen LogP contribution is -2.54. The first-order valence-electron chi connectivity index (χ1n) is 4.45. The summed E-state index contributed by atoms with van der Waals surface area (Å²) in [4.78, 5) is 0. The molecule has 1 aliphatic carbocycles. The molecule has 11 heavy (non-hydrogen) atoms. The molecule has 0 unspecified atom stereocenters. The predicted octanol–water partition coefficient (Wildman–Crippen LogP) is 1.32. The predicted molar refractivity (Wildman–Crippen MR) is 42.3 cm³/mol. The van der Waals surface area contributed by atoms with E-state index in [-0.39, 0.29) is 17.8 Å². The molecule has 0 radical (unpaired) electrons. The highest BCUT2D eigenvalue weighted by molar-refractivity contribution is 4.95. The molecular weight excluding hydrogens is 140 g/mol. The van der Waals surface area contributed by atoms with Gasteiger partial charge in [0, 0.05) is 0 Å². The zero-order valence-corrected chi connectivity index (χ0v) is 7.21. The fourth-order valence-electron chi connectivity index (χ4n) is 2.37. The van der Waals surface area contributed by atoms with Gasteiger partial charge in [0.2, 0.25) is 0 Å². The van der Waals surface area contributed by atoms with Crippen LogP contribution in [0.25, 0.3) is 0 Å². The monoisotopic (exact) mass is 156 g/mol. The molecule has 1 N–H and O–H groups in total. The summed E-state index contributed by atoms with van der Waals surface area (Å²) in [6, 6.07) is 0. The average Bonchev–Trinajstić information content (AvgIpc) is 1.90. The molecule has 2 bridgehead atoms. The van der Waals surface area contributed by atoms with Crippen LogP contribution in [0.2, 0.25) is 0 Å². The topological polar surface area (TPSA) is 29.5 Å². The Hall–Kier alpha value is -0.0800. The highest BCUT2D eigenvalue weighted by Crippen LogP contribution is 2.43. The minimum Gasteiger partial charge on any atom is -0.390 e. The van der Waals surface area contributed by atoms with Crippen LogP contribution in [0.4, 0.5) is 0 Å². The molecule has 2 heterocycles. The molecule has 3 rings (SSSR count). The highest BCUT2D eigenvalue weighted by Gasteiger charge is 2.46. The van der Waals surface area contributed by atoms with Gasteiger partial charge >= 0.3 is 0 Å². The summed E-state index contributed by atoms with van der Waals surface area (Å²) in [6.07, 6.45) is 3.15. The van der Waals surface area contributed by atoms with Gasteiger partial charge in [-0.05, 0) is 39.0 Å². The van der Waals surface area contributed by atoms with Crippen molar-refractivity contribution in [1.82, 2.24) is 0 Å². The van der Waals surface area contributed by atoms with Crippen LogP contribution in [0.3, 0.4) is 0 Å². The lowest BCUT2D eigenvalue weighted by molar-refractivity contribution is -0.221. The Bertz CT molecular complexity index is 165. The third-order valence-electron chi connectivity index (χ3n) is 3.19. The van der Waals surface area contributed by atoms with Crippen molar-refractivity contribution < 1.29 is 9.84 Å². The smallest absolute Gasteiger partial charge is 0.0841 e. The standard InChI is InChI=1S/C9H16O2/c1-9(2)6-3-4-8(11-9)7(10)5-6/h6-8,10H,3-5H2,1-2H3/t6-,7+,8-/m0/s1. The lowest BCUT2D eigenvalue weighted by Gasteiger charge is -2.50. The number of aliphatic hydroxyl groups is 1. The van der Waals surface area contributed by atoms with E-state index in [2.05, 4.69) is 13.8 Å². The summed E-state index contributed by atoms with van der Waals surface area (Å²) < 4.78 is 5.73. The van der Waals surface area contributed by atoms with Crippen molar-refractivity contribution >= 4 is 0 Å². The van der Waals surface area contributed by atoms with E-state index in [0.29, 0.717) is 5.92 Å². The molecule has 3 atom stereocenters. The molecule has 2 aliphatic heterocycles. The van der Waals surface area contributed by atoms with Crippen LogP contribution >= 0.6 is 0 Å². The van der Waals surface area contributed by atoms with E-state index in [0.717, 1.165) is 12.8 Å². The largest absolute Gasteiger partial charge is 0.390 e. The molecule has 2 heteroatoms. The van der Waals surface area contributed by atoms with Gasteiger partial charge in [-0.15, -0.1) is 0 Å². The minimum atomic E-state index is -0.193. The number of rotatable bonds is 0. The molecule has 3 aliphatic rings. The third kappa shape index (κ3) is 1.09.